The first-order valence-electron chi connectivity index (χ1n) is 5.84. The minimum Gasteiger partial charge on any atom is -0.499 e. The summed E-state index contributed by atoms with van der Waals surface area (Å²) < 4.78 is 28.7. The van der Waals surface area contributed by atoms with Crippen LogP contribution >= 0.6 is 0 Å². The lowest BCUT2D eigenvalue weighted by atomic mass is 10.1. The van der Waals surface area contributed by atoms with Crippen LogP contribution in [0.5, 0.6) is 0 Å². The predicted molar refractivity (Wildman–Crippen MR) is 67.3 cm³/mol. The molecule has 1 rings (SSSR count). The summed E-state index contributed by atoms with van der Waals surface area (Å²) in [4.78, 5) is 13.1. The third kappa shape index (κ3) is 4.04. The maximum Gasteiger partial charge on any atom is 0.224 e. The zero-order valence-corrected chi connectivity index (χ0v) is 11.6. The molecular formula is C13H19FNO4. The van der Waals surface area contributed by atoms with Crippen molar-refractivity contribution < 1.29 is 23.4 Å². The molecular weight excluding hydrogens is 253 g/mol. The van der Waals surface area contributed by atoms with Crippen molar-refractivity contribution in [3.63, 3.8) is 0 Å². The SMILES string of the molecule is COC1=C(N(CC(OC)OC)C(C)=O)C=C(F)C[CH]1. The Bertz CT molecular complexity index is 388. The number of carbonyl (C=O) groups excluding carboxylic acids is 1. The fourth-order valence-corrected chi connectivity index (χ4v) is 1.76. The van der Waals surface area contributed by atoms with Crippen LogP contribution in [0.3, 0.4) is 0 Å². The lowest BCUT2D eigenvalue weighted by molar-refractivity contribution is -0.140. The van der Waals surface area contributed by atoms with Crippen molar-refractivity contribution in [2.75, 3.05) is 27.9 Å². The van der Waals surface area contributed by atoms with Crippen molar-refractivity contribution in [1.29, 1.82) is 0 Å². The Morgan fingerprint density at radius 2 is 2.05 bits per heavy atom. The van der Waals surface area contributed by atoms with E-state index in [2.05, 4.69) is 0 Å². The van der Waals surface area contributed by atoms with E-state index in [4.69, 9.17) is 14.2 Å². The van der Waals surface area contributed by atoms with Crippen molar-refractivity contribution in [3.05, 3.63) is 29.8 Å². The summed E-state index contributed by atoms with van der Waals surface area (Å²) in [7, 11) is 4.42. The molecule has 0 bridgehead atoms. The van der Waals surface area contributed by atoms with E-state index in [-0.39, 0.29) is 24.7 Å². The summed E-state index contributed by atoms with van der Waals surface area (Å²) in [6, 6.07) is 0. The van der Waals surface area contributed by atoms with Crippen LogP contribution in [0.15, 0.2) is 23.4 Å². The molecule has 1 aliphatic carbocycles. The first-order valence-corrected chi connectivity index (χ1v) is 5.84. The van der Waals surface area contributed by atoms with Crippen molar-refractivity contribution >= 4 is 5.91 Å². The van der Waals surface area contributed by atoms with Crippen LogP contribution in [0.4, 0.5) is 4.39 Å². The largest absolute Gasteiger partial charge is 0.499 e. The van der Waals surface area contributed by atoms with E-state index in [1.807, 2.05) is 0 Å². The van der Waals surface area contributed by atoms with Crippen LogP contribution in [-0.4, -0.2) is 45.0 Å². The highest BCUT2D eigenvalue weighted by atomic mass is 19.1. The van der Waals surface area contributed by atoms with Crippen LogP contribution < -0.4 is 0 Å². The first kappa shape index (κ1) is 15.7. The molecule has 0 aromatic carbocycles. The van der Waals surface area contributed by atoms with Gasteiger partial charge in [-0.3, -0.25) is 4.79 Å². The Morgan fingerprint density at radius 3 is 2.53 bits per heavy atom. The molecule has 0 aromatic heterocycles. The normalized spacial score (nSPS) is 15.6. The van der Waals surface area contributed by atoms with E-state index in [0.717, 1.165) is 0 Å². The molecule has 0 spiro atoms. The van der Waals surface area contributed by atoms with Gasteiger partial charge in [0.1, 0.15) is 11.6 Å². The topological polar surface area (TPSA) is 48.0 Å². The summed E-state index contributed by atoms with van der Waals surface area (Å²) in [5, 5.41) is 0. The van der Waals surface area contributed by atoms with Gasteiger partial charge in [0.2, 0.25) is 5.91 Å². The molecule has 0 heterocycles. The van der Waals surface area contributed by atoms with Gasteiger partial charge in [0, 0.05) is 34.0 Å². The standard InChI is InChI=1S/C13H19FNO4/c1-9(16)15(8-13(18-3)19-4)11-7-10(14)5-6-12(11)17-2/h6-7,13H,5,8H2,1-4H3. The number of rotatable bonds is 6. The predicted octanol–water partition coefficient (Wildman–Crippen LogP) is 1.77. The van der Waals surface area contributed by atoms with E-state index in [0.29, 0.717) is 11.5 Å². The summed E-state index contributed by atoms with van der Waals surface area (Å²) >= 11 is 0. The van der Waals surface area contributed by atoms with Gasteiger partial charge in [-0.15, -0.1) is 0 Å². The van der Waals surface area contributed by atoms with Gasteiger partial charge in [-0.2, -0.15) is 0 Å². The molecule has 19 heavy (non-hydrogen) atoms. The maximum absolute atomic E-state index is 13.4. The number of amides is 1. The van der Waals surface area contributed by atoms with Gasteiger partial charge in [0.15, 0.2) is 6.29 Å². The molecule has 0 unspecified atom stereocenters. The van der Waals surface area contributed by atoms with Crippen LogP contribution in [0.25, 0.3) is 0 Å². The van der Waals surface area contributed by atoms with E-state index in [1.54, 1.807) is 6.42 Å². The third-order valence-corrected chi connectivity index (χ3v) is 2.78. The maximum atomic E-state index is 13.4. The molecule has 0 N–H and O–H groups in total. The second-order valence-corrected chi connectivity index (χ2v) is 3.98. The fourth-order valence-electron chi connectivity index (χ4n) is 1.76. The van der Waals surface area contributed by atoms with E-state index in [1.165, 1.54) is 39.2 Å². The van der Waals surface area contributed by atoms with Gasteiger partial charge in [-0.1, -0.05) is 0 Å². The molecule has 0 saturated carbocycles. The highest BCUT2D eigenvalue weighted by Crippen LogP contribution is 2.27. The zero-order valence-electron chi connectivity index (χ0n) is 11.6. The minimum atomic E-state index is -0.590. The number of hydrogen-bond donors (Lipinski definition) is 0. The summed E-state index contributed by atoms with van der Waals surface area (Å²) in [6.45, 7) is 1.55. The van der Waals surface area contributed by atoms with Crippen molar-refractivity contribution in [1.82, 2.24) is 4.90 Å². The monoisotopic (exact) mass is 272 g/mol. The average molecular weight is 272 g/mol. The van der Waals surface area contributed by atoms with Gasteiger partial charge in [0.05, 0.1) is 19.4 Å². The molecule has 1 aliphatic rings. The Kier molecular flexibility index (Phi) is 5.98. The van der Waals surface area contributed by atoms with Gasteiger partial charge in [-0.25, -0.2) is 4.39 Å². The van der Waals surface area contributed by atoms with E-state index >= 15 is 0 Å². The Morgan fingerprint density at radius 1 is 1.42 bits per heavy atom. The Balaban J connectivity index is 3.03. The lowest BCUT2D eigenvalue weighted by Gasteiger charge is -2.29. The highest BCUT2D eigenvalue weighted by Gasteiger charge is 2.25. The molecule has 1 radical (unpaired) electrons. The summed E-state index contributed by atoms with van der Waals surface area (Å²) in [6.07, 6.45) is 2.46. The molecule has 0 saturated heterocycles. The molecule has 107 valence electrons. The lowest BCUT2D eigenvalue weighted by Crippen LogP contribution is -2.38. The summed E-state index contributed by atoms with van der Waals surface area (Å²) in [5.74, 6) is -0.112. The van der Waals surface area contributed by atoms with Crippen molar-refractivity contribution in [2.24, 2.45) is 0 Å². The second kappa shape index (κ2) is 7.25. The Labute approximate surface area is 112 Å². The average Bonchev–Trinajstić information content (AvgIpc) is 2.39. The zero-order chi connectivity index (χ0) is 14.4. The second-order valence-electron chi connectivity index (χ2n) is 3.98. The van der Waals surface area contributed by atoms with Gasteiger partial charge in [-0.05, 0) is 6.08 Å². The van der Waals surface area contributed by atoms with E-state index < -0.39 is 6.29 Å². The minimum absolute atomic E-state index is 0.155. The Hall–Kier alpha value is -1.40. The number of methoxy groups -OCH3 is 3. The molecule has 0 aromatic rings. The summed E-state index contributed by atoms with van der Waals surface area (Å²) in [5.41, 5.74) is 0.373. The van der Waals surface area contributed by atoms with Crippen LogP contribution in [0, 0.1) is 6.42 Å². The number of nitrogens with zero attached hydrogens (tertiary/aromatic N) is 1. The molecule has 0 fully saturated rings. The van der Waals surface area contributed by atoms with Crippen LogP contribution in [0.1, 0.15) is 13.3 Å². The molecule has 0 atom stereocenters. The molecule has 6 heteroatoms. The molecule has 5 nitrogen and oxygen atoms in total. The molecule has 0 aliphatic heterocycles. The molecule has 1 amide bonds. The van der Waals surface area contributed by atoms with E-state index in [9.17, 15) is 9.18 Å². The fraction of sp³-hybridized carbons (Fsp3) is 0.538. The smallest absolute Gasteiger partial charge is 0.224 e. The number of hydrogen-bond acceptors (Lipinski definition) is 4. The van der Waals surface area contributed by atoms with Gasteiger partial charge < -0.3 is 19.1 Å². The highest BCUT2D eigenvalue weighted by molar-refractivity contribution is 5.76. The number of ether oxygens (including phenoxy) is 3. The van der Waals surface area contributed by atoms with Crippen LogP contribution in [0.2, 0.25) is 0 Å². The number of halogens is 1. The third-order valence-electron chi connectivity index (χ3n) is 2.78. The van der Waals surface area contributed by atoms with Gasteiger partial charge in [0.25, 0.3) is 0 Å². The first-order chi connectivity index (χ1) is 9.03. The quantitative estimate of drug-likeness (QED) is 0.691. The number of allylic oxidation sites excluding steroid dienone is 3. The van der Waals surface area contributed by atoms with Crippen molar-refractivity contribution in [3.8, 4) is 0 Å². The number of carbonyl (C=O) groups is 1. The van der Waals surface area contributed by atoms with Crippen LogP contribution in [-0.2, 0) is 19.0 Å². The van der Waals surface area contributed by atoms with Gasteiger partial charge >= 0.3 is 0 Å². The van der Waals surface area contributed by atoms with Crippen molar-refractivity contribution in [2.45, 2.75) is 19.6 Å².